The first-order valence-corrected chi connectivity index (χ1v) is 10.6. The number of hydrogen-bond donors (Lipinski definition) is 0. The van der Waals surface area contributed by atoms with Crippen LogP contribution in [0.4, 0.5) is 22.1 Å². The fourth-order valence-electron chi connectivity index (χ4n) is 2.93. The molecule has 144 valence electrons. The fraction of sp³-hybridized carbons (Fsp3) is 0.333. The molecule has 1 aromatic carbocycles. The molecule has 0 radical (unpaired) electrons. The summed E-state index contributed by atoms with van der Waals surface area (Å²) >= 11 is 0.876. The van der Waals surface area contributed by atoms with E-state index in [-0.39, 0.29) is 15.6 Å². The van der Waals surface area contributed by atoms with Gasteiger partial charge < -0.3 is 9.80 Å². The minimum absolute atomic E-state index is 0.00687. The van der Waals surface area contributed by atoms with Crippen LogP contribution in [0.15, 0.2) is 34.5 Å². The Balaban J connectivity index is 1.84. The summed E-state index contributed by atoms with van der Waals surface area (Å²) in [5.74, 6) is 0. The van der Waals surface area contributed by atoms with E-state index in [0.29, 0.717) is 36.9 Å². The first kappa shape index (κ1) is 19.0. The van der Waals surface area contributed by atoms with E-state index in [2.05, 4.69) is 0 Å². The molecule has 2 aromatic rings. The Hall–Kier alpha value is -2.73. The molecule has 0 N–H and O–H groups in total. The molecule has 3 rings (SSSR count). The lowest BCUT2D eigenvalue weighted by Crippen LogP contribution is -2.46. The molecule has 0 spiro atoms. The number of piperazine rings is 1. The van der Waals surface area contributed by atoms with Crippen LogP contribution < -0.4 is 9.80 Å². The van der Waals surface area contributed by atoms with Crippen molar-refractivity contribution >= 4 is 43.2 Å². The van der Waals surface area contributed by atoms with Crippen molar-refractivity contribution in [3.8, 4) is 0 Å². The topological polar surface area (TPSA) is 127 Å². The molecule has 12 heteroatoms. The Morgan fingerprint density at radius 2 is 1.52 bits per heavy atom. The number of rotatable bonds is 5. The molecule has 2 heterocycles. The molecule has 0 bridgehead atoms. The van der Waals surface area contributed by atoms with Crippen LogP contribution in [0, 0.1) is 20.2 Å². The van der Waals surface area contributed by atoms with Crippen molar-refractivity contribution in [1.29, 1.82) is 0 Å². The minimum Gasteiger partial charge on any atom is -0.362 e. The predicted molar refractivity (Wildman–Crippen MR) is 102 cm³/mol. The van der Waals surface area contributed by atoms with Crippen molar-refractivity contribution in [2.45, 2.75) is 4.21 Å². The second-order valence-electron chi connectivity index (χ2n) is 6.01. The molecule has 10 nitrogen and oxygen atoms in total. The summed E-state index contributed by atoms with van der Waals surface area (Å²) in [6, 6.07) is 7.51. The van der Waals surface area contributed by atoms with Gasteiger partial charge in [0.15, 0.2) is 14.8 Å². The molecule has 0 amide bonds. The van der Waals surface area contributed by atoms with Gasteiger partial charge in [-0.25, -0.2) is 8.42 Å². The molecule has 1 aliphatic rings. The lowest BCUT2D eigenvalue weighted by molar-refractivity contribution is -0.384. The predicted octanol–water partition coefficient (Wildman–Crippen LogP) is 2.29. The molecule has 0 atom stereocenters. The normalized spacial score (nSPS) is 15.0. The van der Waals surface area contributed by atoms with Crippen LogP contribution in [0.5, 0.6) is 0 Å². The fourth-order valence-corrected chi connectivity index (χ4v) is 5.01. The molecular formula is C15H16N4O6S2. The van der Waals surface area contributed by atoms with Crippen LogP contribution in [0.25, 0.3) is 0 Å². The maximum absolute atomic E-state index is 11.7. The van der Waals surface area contributed by atoms with Gasteiger partial charge in [-0.3, -0.25) is 20.2 Å². The Morgan fingerprint density at radius 3 is 2.07 bits per heavy atom. The smallest absolute Gasteiger partial charge is 0.305 e. The maximum Gasteiger partial charge on any atom is 0.305 e. The summed E-state index contributed by atoms with van der Waals surface area (Å²) in [4.78, 5) is 25.1. The summed E-state index contributed by atoms with van der Waals surface area (Å²) < 4.78 is 23.4. The molecular weight excluding hydrogens is 396 g/mol. The summed E-state index contributed by atoms with van der Waals surface area (Å²) in [6.45, 7) is 1.62. The monoisotopic (exact) mass is 412 g/mol. The Bertz CT molecular complexity index is 995. The van der Waals surface area contributed by atoms with E-state index >= 15 is 0 Å². The Kier molecular flexibility index (Phi) is 5.02. The zero-order valence-corrected chi connectivity index (χ0v) is 15.9. The van der Waals surface area contributed by atoms with Crippen molar-refractivity contribution in [1.82, 2.24) is 0 Å². The van der Waals surface area contributed by atoms with E-state index in [0.717, 1.165) is 23.7 Å². The van der Waals surface area contributed by atoms with Crippen LogP contribution >= 0.6 is 11.3 Å². The van der Waals surface area contributed by atoms with Crippen LogP contribution in [0.2, 0.25) is 0 Å². The van der Waals surface area contributed by atoms with Crippen LogP contribution in [-0.4, -0.2) is 50.7 Å². The number of thiophene rings is 1. The lowest BCUT2D eigenvalue weighted by atomic mass is 10.2. The molecule has 0 saturated carbocycles. The second kappa shape index (κ2) is 7.12. The van der Waals surface area contributed by atoms with Crippen molar-refractivity contribution in [2.75, 3.05) is 42.2 Å². The zero-order valence-electron chi connectivity index (χ0n) is 14.3. The van der Waals surface area contributed by atoms with Gasteiger partial charge in [-0.05, 0) is 6.07 Å². The van der Waals surface area contributed by atoms with E-state index < -0.39 is 19.7 Å². The third-order valence-electron chi connectivity index (χ3n) is 4.22. The van der Waals surface area contributed by atoms with E-state index in [1.54, 1.807) is 23.1 Å². The standard InChI is InChI=1S/C15H16N4O6S2/c1-27(24,25)14-10-13(19(22)23)15(26-14)17-8-6-16(7-9-17)11-4-2-3-5-12(11)18(20)21/h2-5,10H,6-9H2,1H3. The van der Waals surface area contributed by atoms with Gasteiger partial charge in [0.25, 0.3) is 5.69 Å². The Labute approximate surface area is 158 Å². The summed E-state index contributed by atoms with van der Waals surface area (Å²) in [5, 5.41) is 22.8. The molecule has 0 aliphatic carbocycles. The van der Waals surface area contributed by atoms with E-state index in [9.17, 15) is 28.6 Å². The highest BCUT2D eigenvalue weighted by molar-refractivity contribution is 7.92. The quantitative estimate of drug-likeness (QED) is 0.541. The van der Waals surface area contributed by atoms with Gasteiger partial charge in [-0.1, -0.05) is 23.5 Å². The average Bonchev–Trinajstić information content (AvgIpc) is 3.08. The summed E-state index contributed by atoms with van der Waals surface area (Å²) in [6.07, 6.45) is 1.01. The van der Waals surface area contributed by atoms with Gasteiger partial charge >= 0.3 is 5.69 Å². The van der Waals surface area contributed by atoms with E-state index in [4.69, 9.17) is 0 Å². The number of benzene rings is 1. The Morgan fingerprint density at radius 1 is 0.963 bits per heavy atom. The largest absolute Gasteiger partial charge is 0.362 e. The van der Waals surface area contributed by atoms with Crippen molar-refractivity contribution in [3.63, 3.8) is 0 Å². The van der Waals surface area contributed by atoms with Crippen molar-refractivity contribution < 1.29 is 18.3 Å². The van der Waals surface area contributed by atoms with Crippen molar-refractivity contribution in [2.24, 2.45) is 0 Å². The van der Waals surface area contributed by atoms with Gasteiger partial charge in [0.1, 0.15) is 9.90 Å². The molecule has 0 unspecified atom stereocenters. The van der Waals surface area contributed by atoms with Crippen LogP contribution in [0.1, 0.15) is 0 Å². The number of sulfone groups is 1. The van der Waals surface area contributed by atoms with E-state index in [1.807, 2.05) is 4.90 Å². The zero-order chi connectivity index (χ0) is 19.8. The number of anilines is 2. The number of hydrogen-bond acceptors (Lipinski definition) is 9. The third kappa shape index (κ3) is 3.85. The second-order valence-corrected chi connectivity index (χ2v) is 9.28. The minimum atomic E-state index is -3.54. The molecule has 1 saturated heterocycles. The highest BCUT2D eigenvalue weighted by Crippen LogP contribution is 2.40. The molecule has 1 aliphatic heterocycles. The first-order valence-electron chi connectivity index (χ1n) is 7.90. The average molecular weight is 412 g/mol. The van der Waals surface area contributed by atoms with E-state index in [1.165, 1.54) is 6.07 Å². The highest BCUT2D eigenvalue weighted by atomic mass is 32.2. The van der Waals surface area contributed by atoms with Crippen LogP contribution in [-0.2, 0) is 9.84 Å². The number of nitrogens with zero attached hydrogens (tertiary/aromatic N) is 4. The molecule has 27 heavy (non-hydrogen) atoms. The lowest BCUT2D eigenvalue weighted by Gasteiger charge is -2.35. The number of nitro groups is 2. The molecule has 1 aromatic heterocycles. The summed E-state index contributed by atoms with van der Waals surface area (Å²) in [7, 11) is -3.54. The molecule has 1 fully saturated rings. The van der Waals surface area contributed by atoms with Gasteiger partial charge in [0.05, 0.1) is 9.85 Å². The van der Waals surface area contributed by atoms with Gasteiger partial charge in [0.2, 0.25) is 0 Å². The maximum atomic E-state index is 11.7. The number of para-hydroxylation sites is 2. The van der Waals surface area contributed by atoms with Gasteiger partial charge in [-0.15, -0.1) is 0 Å². The SMILES string of the molecule is CS(=O)(=O)c1cc([N+](=O)[O-])c(N2CCN(c3ccccc3[N+](=O)[O-])CC2)s1. The van der Waals surface area contributed by atoms with Crippen LogP contribution in [0.3, 0.4) is 0 Å². The number of nitro benzene ring substituents is 1. The van der Waals surface area contributed by atoms with Gasteiger partial charge in [0, 0.05) is 44.6 Å². The third-order valence-corrected chi connectivity index (χ3v) is 7.21. The summed E-state index contributed by atoms with van der Waals surface area (Å²) in [5.41, 5.74) is 0.270. The first-order chi connectivity index (χ1) is 12.7. The highest BCUT2D eigenvalue weighted by Gasteiger charge is 2.30. The van der Waals surface area contributed by atoms with Crippen molar-refractivity contribution in [3.05, 3.63) is 50.6 Å². The van der Waals surface area contributed by atoms with Gasteiger partial charge in [-0.2, -0.15) is 0 Å².